The molecule has 34 heavy (non-hydrogen) atoms. The van der Waals surface area contributed by atoms with Gasteiger partial charge >= 0.3 is 5.97 Å². The SMILES string of the molecule is CC1=NCC(C)=C1c1c(-c2cccc(OC(C)C)c2)n(CCC(=O)O)c2ccc(C3CC3)cc12. The van der Waals surface area contributed by atoms with Gasteiger partial charge in [0.05, 0.1) is 24.8 Å². The number of benzene rings is 2. The van der Waals surface area contributed by atoms with Crippen LogP contribution in [0, 0.1) is 0 Å². The summed E-state index contributed by atoms with van der Waals surface area (Å²) < 4.78 is 8.21. The van der Waals surface area contributed by atoms with Gasteiger partial charge in [-0.2, -0.15) is 0 Å². The molecule has 1 aliphatic heterocycles. The van der Waals surface area contributed by atoms with Crippen molar-refractivity contribution in [3.8, 4) is 17.0 Å². The molecule has 2 aromatic carbocycles. The lowest BCUT2D eigenvalue weighted by molar-refractivity contribution is -0.137. The van der Waals surface area contributed by atoms with Crippen LogP contribution in [0.3, 0.4) is 0 Å². The van der Waals surface area contributed by atoms with Crippen molar-refractivity contribution in [2.75, 3.05) is 6.54 Å². The van der Waals surface area contributed by atoms with Gasteiger partial charge in [-0.25, -0.2) is 0 Å². The van der Waals surface area contributed by atoms with Gasteiger partial charge in [-0.1, -0.05) is 18.2 Å². The molecule has 1 aromatic heterocycles. The Kier molecular flexibility index (Phi) is 5.80. The van der Waals surface area contributed by atoms with Crippen molar-refractivity contribution in [3.63, 3.8) is 0 Å². The highest BCUT2D eigenvalue weighted by molar-refractivity contribution is 6.29. The van der Waals surface area contributed by atoms with E-state index in [1.54, 1.807) is 0 Å². The first-order valence-electron chi connectivity index (χ1n) is 12.2. The Morgan fingerprint density at radius 2 is 1.97 bits per heavy atom. The molecule has 5 heteroatoms. The summed E-state index contributed by atoms with van der Waals surface area (Å²) in [5.74, 6) is 0.656. The Bertz CT molecular complexity index is 1340. The minimum absolute atomic E-state index is 0.0634. The van der Waals surface area contributed by atoms with Crippen molar-refractivity contribution in [2.24, 2.45) is 4.99 Å². The number of aliphatic imine (C=N–C) groups is 1. The summed E-state index contributed by atoms with van der Waals surface area (Å²) in [5, 5.41) is 10.7. The van der Waals surface area contributed by atoms with E-state index in [1.165, 1.54) is 40.5 Å². The molecule has 0 amide bonds. The van der Waals surface area contributed by atoms with Crippen LogP contribution in [0.15, 0.2) is 53.0 Å². The maximum atomic E-state index is 11.6. The van der Waals surface area contributed by atoms with Crippen molar-refractivity contribution in [2.45, 2.75) is 65.5 Å². The fourth-order valence-electron chi connectivity index (χ4n) is 5.12. The minimum Gasteiger partial charge on any atom is -0.491 e. The average molecular weight is 457 g/mol. The van der Waals surface area contributed by atoms with Gasteiger partial charge in [-0.15, -0.1) is 0 Å². The molecule has 0 spiro atoms. The highest BCUT2D eigenvalue weighted by atomic mass is 16.5. The summed E-state index contributed by atoms with van der Waals surface area (Å²) in [4.78, 5) is 16.3. The summed E-state index contributed by atoms with van der Waals surface area (Å²) in [5.41, 5.74) is 9.18. The maximum absolute atomic E-state index is 11.6. The quantitative estimate of drug-likeness (QED) is 0.410. The number of hydrogen-bond donors (Lipinski definition) is 1. The van der Waals surface area contributed by atoms with E-state index in [1.807, 2.05) is 26.0 Å². The zero-order valence-electron chi connectivity index (χ0n) is 20.4. The van der Waals surface area contributed by atoms with E-state index in [2.05, 4.69) is 48.7 Å². The first kappa shape index (κ1) is 22.5. The molecule has 1 aliphatic carbocycles. The molecule has 5 nitrogen and oxygen atoms in total. The normalized spacial score (nSPS) is 16.0. The second-order valence-corrected chi connectivity index (χ2v) is 9.82. The lowest BCUT2D eigenvalue weighted by Gasteiger charge is -2.16. The van der Waals surface area contributed by atoms with Gasteiger partial charge in [0.25, 0.3) is 0 Å². The molecule has 1 fully saturated rings. The number of nitrogens with zero attached hydrogens (tertiary/aromatic N) is 2. The van der Waals surface area contributed by atoms with E-state index in [0.29, 0.717) is 19.0 Å². The number of rotatable bonds is 8. The molecule has 0 saturated heterocycles. The molecule has 2 aliphatic rings. The van der Waals surface area contributed by atoms with E-state index in [4.69, 9.17) is 9.73 Å². The molecular formula is C29H32N2O3. The fraction of sp³-hybridized carbons (Fsp3) is 0.379. The summed E-state index contributed by atoms with van der Waals surface area (Å²) in [7, 11) is 0. The van der Waals surface area contributed by atoms with Crippen molar-refractivity contribution in [1.82, 2.24) is 4.57 Å². The monoisotopic (exact) mass is 456 g/mol. The molecular weight excluding hydrogens is 424 g/mol. The number of carboxylic acid groups (broad SMARTS) is 1. The Labute approximate surface area is 200 Å². The average Bonchev–Trinajstić information content (AvgIpc) is 3.53. The van der Waals surface area contributed by atoms with E-state index in [9.17, 15) is 9.90 Å². The molecule has 1 saturated carbocycles. The zero-order chi connectivity index (χ0) is 24.0. The minimum atomic E-state index is -0.796. The number of fused-ring (bicyclic) bond motifs is 1. The molecule has 2 heterocycles. The second-order valence-electron chi connectivity index (χ2n) is 9.82. The van der Waals surface area contributed by atoms with E-state index in [-0.39, 0.29) is 12.5 Å². The maximum Gasteiger partial charge on any atom is 0.305 e. The van der Waals surface area contributed by atoms with Crippen LogP contribution in [0.1, 0.15) is 64.0 Å². The van der Waals surface area contributed by atoms with Crippen LogP contribution in [0.2, 0.25) is 0 Å². The number of hydrogen-bond acceptors (Lipinski definition) is 3. The Balaban J connectivity index is 1.82. The van der Waals surface area contributed by atoms with Crippen molar-refractivity contribution < 1.29 is 14.6 Å². The molecule has 0 unspecified atom stereocenters. The van der Waals surface area contributed by atoms with Gasteiger partial charge in [0.1, 0.15) is 5.75 Å². The third-order valence-electron chi connectivity index (χ3n) is 6.76. The van der Waals surface area contributed by atoms with Crippen LogP contribution < -0.4 is 4.74 Å². The number of carbonyl (C=O) groups is 1. The summed E-state index contributed by atoms with van der Waals surface area (Å²) >= 11 is 0. The Morgan fingerprint density at radius 3 is 2.62 bits per heavy atom. The number of carboxylic acids is 1. The predicted molar refractivity (Wildman–Crippen MR) is 138 cm³/mol. The highest BCUT2D eigenvalue weighted by Gasteiger charge is 2.29. The van der Waals surface area contributed by atoms with Gasteiger partial charge in [0, 0.05) is 39.9 Å². The second kappa shape index (κ2) is 8.79. The summed E-state index contributed by atoms with van der Waals surface area (Å²) in [6.07, 6.45) is 2.62. The fourth-order valence-corrected chi connectivity index (χ4v) is 5.12. The molecule has 1 N–H and O–H groups in total. The molecule has 0 bridgehead atoms. The first-order valence-corrected chi connectivity index (χ1v) is 12.2. The van der Waals surface area contributed by atoms with Crippen LogP contribution in [0.25, 0.3) is 27.7 Å². The number of aromatic nitrogens is 1. The van der Waals surface area contributed by atoms with Crippen LogP contribution in [0.4, 0.5) is 0 Å². The number of aryl methyl sites for hydroxylation is 1. The van der Waals surface area contributed by atoms with Crippen LogP contribution in [0.5, 0.6) is 5.75 Å². The smallest absolute Gasteiger partial charge is 0.305 e. The van der Waals surface area contributed by atoms with Gasteiger partial charge in [0.2, 0.25) is 0 Å². The largest absolute Gasteiger partial charge is 0.491 e. The topological polar surface area (TPSA) is 63.8 Å². The lowest BCUT2D eigenvalue weighted by Crippen LogP contribution is -2.08. The molecule has 3 aromatic rings. The van der Waals surface area contributed by atoms with E-state index < -0.39 is 5.97 Å². The number of allylic oxidation sites excluding steroid dienone is 1. The Hall–Kier alpha value is -3.34. The summed E-state index contributed by atoms with van der Waals surface area (Å²) in [6, 6.07) is 14.9. The van der Waals surface area contributed by atoms with Crippen molar-refractivity contribution in [1.29, 1.82) is 0 Å². The third-order valence-corrected chi connectivity index (χ3v) is 6.76. The van der Waals surface area contributed by atoms with Gasteiger partial charge in [0.15, 0.2) is 0 Å². The zero-order valence-corrected chi connectivity index (χ0v) is 20.4. The van der Waals surface area contributed by atoms with Crippen LogP contribution in [-0.4, -0.2) is 34.0 Å². The first-order chi connectivity index (χ1) is 16.3. The molecule has 176 valence electrons. The van der Waals surface area contributed by atoms with Gasteiger partial charge in [-0.3, -0.25) is 9.79 Å². The Morgan fingerprint density at radius 1 is 1.18 bits per heavy atom. The summed E-state index contributed by atoms with van der Waals surface area (Å²) in [6.45, 7) is 9.40. The lowest BCUT2D eigenvalue weighted by atomic mass is 9.92. The molecule has 0 atom stereocenters. The van der Waals surface area contributed by atoms with E-state index >= 15 is 0 Å². The van der Waals surface area contributed by atoms with Gasteiger partial charge < -0.3 is 14.4 Å². The van der Waals surface area contributed by atoms with Crippen molar-refractivity contribution >= 4 is 28.2 Å². The predicted octanol–water partition coefficient (Wildman–Crippen LogP) is 6.70. The van der Waals surface area contributed by atoms with Crippen LogP contribution >= 0.6 is 0 Å². The van der Waals surface area contributed by atoms with Crippen LogP contribution in [-0.2, 0) is 11.3 Å². The number of aliphatic carboxylic acids is 1. The number of ether oxygens (including phenoxy) is 1. The van der Waals surface area contributed by atoms with E-state index in [0.717, 1.165) is 28.2 Å². The molecule has 0 radical (unpaired) electrons. The third kappa shape index (κ3) is 4.15. The standard InChI is InChI=1S/C29H32N2O3/c1-17(2)34-23-7-5-6-22(14-23)29-28(27-18(3)16-30-19(27)4)24-15-21(20-8-9-20)10-11-25(24)31(29)13-12-26(32)33/h5-7,10-11,14-15,17,20H,8-9,12-13,16H2,1-4H3,(H,32,33). The van der Waals surface area contributed by atoms with Gasteiger partial charge in [-0.05, 0) is 81.9 Å². The highest BCUT2D eigenvalue weighted by Crippen LogP contribution is 2.46. The van der Waals surface area contributed by atoms with Crippen molar-refractivity contribution in [3.05, 3.63) is 59.2 Å². The molecule has 5 rings (SSSR count).